The van der Waals surface area contributed by atoms with E-state index in [2.05, 4.69) is 12.6 Å². The molecule has 0 rings (SSSR count). The fourth-order valence-electron chi connectivity index (χ4n) is 1.09. The summed E-state index contributed by atoms with van der Waals surface area (Å²) in [6, 6.07) is 0. The van der Waals surface area contributed by atoms with Gasteiger partial charge in [-0.3, -0.25) is 0 Å². The van der Waals surface area contributed by atoms with Gasteiger partial charge < -0.3 is 0 Å². The lowest BCUT2D eigenvalue weighted by Crippen LogP contribution is -2.47. The van der Waals surface area contributed by atoms with Crippen molar-refractivity contribution >= 4 is 22.7 Å². The second-order valence-electron chi connectivity index (χ2n) is 4.35. The topological polar surface area (TPSA) is 37.4 Å². The fraction of sp³-hybridized carbons (Fsp3) is 1.00. The predicted octanol–water partition coefficient (Wildman–Crippen LogP) is 1.75. The van der Waals surface area contributed by atoms with Crippen LogP contribution in [0.4, 0.5) is 0 Å². The minimum Gasteiger partial charge on any atom is -0.212 e. The summed E-state index contributed by atoms with van der Waals surface area (Å²) in [7, 11) is -1.52. The van der Waals surface area contributed by atoms with E-state index in [1.54, 1.807) is 20.9 Å². The molecule has 5 heteroatoms. The van der Waals surface area contributed by atoms with Crippen LogP contribution in [0.15, 0.2) is 0 Å². The smallest absolute Gasteiger partial charge is 0.212 e. The van der Waals surface area contributed by atoms with E-state index in [-0.39, 0.29) is 10.8 Å². The first-order valence-corrected chi connectivity index (χ1v) is 6.88. The quantitative estimate of drug-likeness (QED) is 0.742. The zero-order valence-electron chi connectivity index (χ0n) is 9.61. The molecule has 0 radical (unpaired) electrons. The Hall–Kier alpha value is 0.260. The Labute approximate surface area is 93.3 Å². The summed E-state index contributed by atoms with van der Waals surface area (Å²) in [5.41, 5.74) is -0.356. The molecule has 0 heterocycles. The molecule has 0 amide bonds. The Morgan fingerprint density at radius 1 is 1.36 bits per heavy atom. The van der Waals surface area contributed by atoms with E-state index in [9.17, 15) is 8.42 Å². The Morgan fingerprint density at radius 3 is 2.07 bits per heavy atom. The standard InChI is InChI=1S/C9H21NO2S2/c1-8(2)14(11,12)10(5)9(3,4)6-7-13/h8,13H,6-7H2,1-5H3. The first-order chi connectivity index (χ1) is 6.16. The molecule has 0 N–H and O–H groups in total. The molecule has 0 unspecified atom stereocenters. The van der Waals surface area contributed by atoms with Crippen LogP contribution in [0.25, 0.3) is 0 Å². The van der Waals surface area contributed by atoms with E-state index in [0.29, 0.717) is 5.75 Å². The maximum Gasteiger partial charge on any atom is 0.216 e. The van der Waals surface area contributed by atoms with Gasteiger partial charge in [0.15, 0.2) is 0 Å². The molecule has 0 bridgehead atoms. The van der Waals surface area contributed by atoms with Crippen LogP contribution in [0.3, 0.4) is 0 Å². The number of hydrogen-bond acceptors (Lipinski definition) is 3. The van der Waals surface area contributed by atoms with Crippen LogP contribution in [0.5, 0.6) is 0 Å². The summed E-state index contributed by atoms with van der Waals surface area (Å²) in [5, 5.41) is -0.369. The third-order valence-corrected chi connectivity index (χ3v) is 5.23. The Balaban J connectivity index is 4.86. The molecule has 0 fully saturated rings. The summed E-state index contributed by atoms with van der Waals surface area (Å²) < 4.78 is 25.2. The van der Waals surface area contributed by atoms with Gasteiger partial charge in [-0.05, 0) is 39.9 Å². The Morgan fingerprint density at radius 2 is 1.79 bits per heavy atom. The van der Waals surface area contributed by atoms with Crippen LogP contribution in [-0.4, -0.2) is 36.3 Å². The van der Waals surface area contributed by atoms with Crippen molar-refractivity contribution in [2.75, 3.05) is 12.8 Å². The lowest BCUT2D eigenvalue weighted by Gasteiger charge is -2.35. The van der Waals surface area contributed by atoms with Crippen molar-refractivity contribution in [3.8, 4) is 0 Å². The first kappa shape index (κ1) is 14.3. The van der Waals surface area contributed by atoms with Gasteiger partial charge >= 0.3 is 0 Å². The molecule has 0 saturated carbocycles. The van der Waals surface area contributed by atoms with E-state index >= 15 is 0 Å². The molecular weight excluding hydrogens is 218 g/mol. The second kappa shape index (κ2) is 4.86. The highest BCUT2D eigenvalue weighted by Crippen LogP contribution is 2.23. The van der Waals surface area contributed by atoms with Gasteiger partial charge in [-0.1, -0.05) is 0 Å². The highest BCUT2D eigenvalue weighted by atomic mass is 32.2. The molecular formula is C9H21NO2S2. The normalized spacial score (nSPS) is 14.0. The largest absolute Gasteiger partial charge is 0.216 e. The summed E-state index contributed by atoms with van der Waals surface area (Å²) >= 11 is 4.13. The van der Waals surface area contributed by atoms with Crippen molar-refractivity contribution < 1.29 is 8.42 Å². The zero-order valence-corrected chi connectivity index (χ0v) is 11.3. The van der Waals surface area contributed by atoms with Crippen molar-refractivity contribution in [1.82, 2.24) is 4.31 Å². The fourth-order valence-corrected chi connectivity index (χ4v) is 3.05. The number of rotatable bonds is 5. The maximum atomic E-state index is 11.9. The lowest BCUT2D eigenvalue weighted by molar-refractivity contribution is 0.257. The lowest BCUT2D eigenvalue weighted by atomic mass is 10.0. The van der Waals surface area contributed by atoms with E-state index in [0.717, 1.165) is 6.42 Å². The molecule has 0 aromatic rings. The molecule has 0 aliphatic heterocycles. The van der Waals surface area contributed by atoms with Gasteiger partial charge in [-0.2, -0.15) is 16.9 Å². The van der Waals surface area contributed by atoms with Crippen LogP contribution in [0.2, 0.25) is 0 Å². The monoisotopic (exact) mass is 239 g/mol. The molecule has 0 aliphatic rings. The molecule has 14 heavy (non-hydrogen) atoms. The minimum atomic E-state index is -3.16. The summed E-state index contributed by atoms with van der Waals surface area (Å²) in [4.78, 5) is 0. The summed E-state index contributed by atoms with van der Waals surface area (Å²) in [6.45, 7) is 7.23. The minimum absolute atomic E-state index is 0.356. The molecule has 0 spiro atoms. The highest BCUT2D eigenvalue weighted by molar-refractivity contribution is 7.89. The van der Waals surface area contributed by atoms with Crippen molar-refractivity contribution in [3.05, 3.63) is 0 Å². The number of hydrogen-bond donors (Lipinski definition) is 1. The Kier molecular flexibility index (Phi) is 4.95. The van der Waals surface area contributed by atoms with Gasteiger partial charge in [0.1, 0.15) is 0 Å². The van der Waals surface area contributed by atoms with E-state index in [1.165, 1.54) is 4.31 Å². The predicted molar refractivity (Wildman–Crippen MR) is 64.4 cm³/mol. The van der Waals surface area contributed by atoms with E-state index in [4.69, 9.17) is 0 Å². The van der Waals surface area contributed by atoms with Crippen LogP contribution in [0.1, 0.15) is 34.1 Å². The highest BCUT2D eigenvalue weighted by Gasteiger charge is 2.33. The van der Waals surface area contributed by atoms with Gasteiger partial charge in [0.25, 0.3) is 0 Å². The Bertz CT molecular complexity index is 271. The van der Waals surface area contributed by atoms with Gasteiger partial charge in [-0.15, -0.1) is 0 Å². The van der Waals surface area contributed by atoms with Crippen LogP contribution < -0.4 is 0 Å². The van der Waals surface area contributed by atoms with Crippen LogP contribution in [0, 0.1) is 0 Å². The van der Waals surface area contributed by atoms with Crippen molar-refractivity contribution in [2.45, 2.75) is 44.9 Å². The summed E-state index contributed by atoms with van der Waals surface area (Å²) in [5.74, 6) is 0.685. The SMILES string of the molecule is CC(C)S(=O)(=O)N(C)C(C)(C)CCS. The van der Waals surface area contributed by atoms with Gasteiger partial charge in [-0.25, -0.2) is 8.42 Å². The van der Waals surface area contributed by atoms with Crippen molar-refractivity contribution in [2.24, 2.45) is 0 Å². The first-order valence-electron chi connectivity index (χ1n) is 4.75. The maximum absolute atomic E-state index is 11.9. The molecule has 0 aromatic heterocycles. The molecule has 0 aliphatic carbocycles. The second-order valence-corrected chi connectivity index (χ2v) is 7.31. The third kappa shape index (κ3) is 3.14. The van der Waals surface area contributed by atoms with Gasteiger partial charge in [0.05, 0.1) is 5.25 Å². The number of nitrogens with zero attached hydrogens (tertiary/aromatic N) is 1. The molecule has 0 aromatic carbocycles. The average Bonchev–Trinajstić information content (AvgIpc) is 2.02. The van der Waals surface area contributed by atoms with Crippen molar-refractivity contribution in [1.29, 1.82) is 0 Å². The van der Waals surface area contributed by atoms with Gasteiger partial charge in [0.2, 0.25) is 10.0 Å². The third-order valence-electron chi connectivity index (χ3n) is 2.55. The zero-order chi connectivity index (χ0) is 11.6. The number of sulfonamides is 1. The van der Waals surface area contributed by atoms with E-state index < -0.39 is 10.0 Å². The average molecular weight is 239 g/mol. The van der Waals surface area contributed by atoms with Crippen LogP contribution >= 0.6 is 12.6 Å². The molecule has 3 nitrogen and oxygen atoms in total. The van der Waals surface area contributed by atoms with Crippen LogP contribution in [-0.2, 0) is 10.0 Å². The van der Waals surface area contributed by atoms with Crippen molar-refractivity contribution in [3.63, 3.8) is 0 Å². The van der Waals surface area contributed by atoms with E-state index in [1.807, 2.05) is 13.8 Å². The molecule has 0 saturated heterocycles. The molecule has 86 valence electrons. The van der Waals surface area contributed by atoms with Gasteiger partial charge in [0, 0.05) is 12.6 Å². The summed E-state index contributed by atoms with van der Waals surface area (Å²) in [6.07, 6.45) is 0.749. The molecule has 0 atom stereocenters. The number of thiol groups is 1.